The van der Waals surface area contributed by atoms with Gasteiger partial charge in [0.05, 0.1) is 6.04 Å². The van der Waals surface area contributed by atoms with Crippen molar-refractivity contribution < 1.29 is 9.59 Å². The molecule has 1 saturated carbocycles. The predicted octanol–water partition coefficient (Wildman–Crippen LogP) is 3.92. The number of nitrogens with one attached hydrogen (secondary N) is 2. The summed E-state index contributed by atoms with van der Waals surface area (Å²) in [6.07, 6.45) is 8.77. The number of carbonyl (C=O) groups excluding carboxylic acids is 2. The van der Waals surface area contributed by atoms with Gasteiger partial charge in [0.2, 0.25) is 5.91 Å². The molecule has 1 fully saturated rings. The van der Waals surface area contributed by atoms with Gasteiger partial charge in [0.25, 0.3) is 0 Å². The van der Waals surface area contributed by atoms with E-state index in [-0.39, 0.29) is 17.7 Å². The number of Topliss-reactive ketones (excluding diaryl/α,β-unsaturated/α-hetero) is 1. The molecule has 2 rings (SSSR count). The Morgan fingerprint density at radius 1 is 1.00 bits per heavy atom. The van der Waals surface area contributed by atoms with Gasteiger partial charge in [0, 0.05) is 17.3 Å². The van der Waals surface area contributed by atoms with E-state index >= 15 is 0 Å². The first kappa shape index (κ1) is 17.7. The van der Waals surface area contributed by atoms with Crippen molar-refractivity contribution in [3.05, 3.63) is 29.8 Å². The molecule has 1 amide bonds. The third-order valence-corrected chi connectivity index (χ3v) is 4.54. The molecule has 1 aromatic carbocycles. The van der Waals surface area contributed by atoms with Crippen molar-refractivity contribution in [1.82, 2.24) is 5.32 Å². The van der Waals surface area contributed by atoms with E-state index in [4.69, 9.17) is 0 Å². The zero-order valence-corrected chi connectivity index (χ0v) is 14.2. The zero-order valence-electron chi connectivity index (χ0n) is 14.2. The molecule has 0 spiro atoms. The predicted molar refractivity (Wildman–Crippen MR) is 93.8 cm³/mol. The highest BCUT2D eigenvalue weighted by Crippen LogP contribution is 2.18. The molecule has 1 aromatic rings. The highest BCUT2D eigenvalue weighted by Gasteiger charge is 2.18. The Bertz CT molecular complexity index is 517. The Hall–Kier alpha value is -1.68. The Labute approximate surface area is 139 Å². The van der Waals surface area contributed by atoms with E-state index < -0.39 is 0 Å². The van der Waals surface area contributed by atoms with E-state index in [0.29, 0.717) is 11.6 Å². The van der Waals surface area contributed by atoms with Crippen LogP contribution < -0.4 is 10.6 Å². The lowest BCUT2D eigenvalue weighted by molar-refractivity contribution is -0.118. The van der Waals surface area contributed by atoms with Crippen LogP contribution in [-0.2, 0) is 4.79 Å². The molecule has 0 aliphatic heterocycles. The SMILES string of the molecule is CC(=O)c1ccc(NC(=O)[C@H](C)NC2CCCCCCC2)cc1. The van der Waals surface area contributed by atoms with Crippen LogP contribution >= 0.6 is 0 Å². The Kier molecular flexibility index (Phi) is 6.78. The minimum Gasteiger partial charge on any atom is -0.325 e. The van der Waals surface area contributed by atoms with Crippen LogP contribution in [0.25, 0.3) is 0 Å². The summed E-state index contributed by atoms with van der Waals surface area (Å²) in [4.78, 5) is 23.6. The maximum atomic E-state index is 12.3. The average Bonchev–Trinajstić information content (AvgIpc) is 2.50. The van der Waals surface area contributed by atoms with Crippen molar-refractivity contribution >= 4 is 17.4 Å². The molecule has 1 atom stereocenters. The van der Waals surface area contributed by atoms with E-state index in [1.165, 1.54) is 39.0 Å². The molecule has 1 aliphatic carbocycles. The largest absolute Gasteiger partial charge is 0.325 e. The van der Waals surface area contributed by atoms with Crippen LogP contribution in [0.1, 0.15) is 69.2 Å². The number of carbonyl (C=O) groups is 2. The molecule has 126 valence electrons. The van der Waals surface area contributed by atoms with Gasteiger partial charge in [-0.15, -0.1) is 0 Å². The molecule has 1 aliphatic rings. The molecule has 0 saturated heterocycles. The topological polar surface area (TPSA) is 58.2 Å². The molecule has 4 heteroatoms. The van der Waals surface area contributed by atoms with Crippen molar-refractivity contribution in [2.75, 3.05) is 5.32 Å². The summed E-state index contributed by atoms with van der Waals surface area (Å²) >= 11 is 0. The van der Waals surface area contributed by atoms with Crippen LogP contribution in [0.4, 0.5) is 5.69 Å². The smallest absolute Gasteiger partial charge is 0.241 e. The van der Waals surface area contributed by atoms with E-state index in [1.807, 2.05) is 6.92 Å². The van der Waals surface area contributed by atoms with Crippen LogP contribution in [-0.4, -0.2) is 23.8 Å². The standard InChI is InChI=1S/C19H28N2O2/c1-14(20-17-8-6-4-3-5-7-9-17)19(23)21-18-12-10-16(11-13-18)15(2)22/h10-14,17,20H,3-9H2,1-2H3,(H,21,23)/t14-/m0/s1. The number of rotatable bonds is 5. The van der Waals surface area contributed by atoms with Crippen LogP contribution in [0.2, 0.25) is 0 Å². The second-order valence-electron chi connectivity index (χ2n) is 6.55. The molecular formula is C19H28N2O2. The molecule has 23 heavy (non-hydrogen) atoms. The molecule has 0 aromatic heterocycles. The molecule has 0 bridgehead atoms. The van der Waals surface area contributed by atoms with Crippen molar-refractivity contribution in [2.45, 2.75) is 70.9 Å². The van der Waals surface area contributed by atoms with Crippen molar-refractivity contribution in [2.24, 2.45) is 0 Å². The normalized spacial score (nSPS) is 17.8. The second kappa shape index (κ2) is 8.82. The van der Waals surface area contributed by atoms with Gasteiger partial charge in [-0.25, -0.2) is 0 Å². The van der Waals surface area contributed by atoms with E-state index in [1.54, 1.807) is 24.3 Å². The van der Waals surface area contributed by atoms with Crippen molar-refractivity contribution in [1.29, 1.82) is 0 Å². The number of ketones is 1. The maximum Gasteiger partial charge on any atom is 0.241 e. The lowest BCUT2D eigenvalue weighted by atomic mass is 9.96. The lowest BCUT2D eigenvalue weighted by Crippen LogP contribution is -2.44. The minimum absolute atomic E-state index is 0.0253. The number of hydrogen-bond acceptors (Lipinski definition) is 3. The minimum atomic E-state index is -0.216. The van der Waals surface area contributed by atoms with Gasteiger partial charge in [0.1, 0.15) is 0 Å². The van der Waals surface area contributed by atoms with Gasteiger partial charge < -0.3 is 10.6 Å². The summed E-state index contributed by atoms with van der Waals surface area (Å²) in [5.74, 6) is 0.00447. The number of hydrogen-bond donors (Lipinski definition) is 2. The van der Waals surface area contributed by atoms with Crippen LogP contribution in [0.3, 0.4) is 0 Å². The van der Waals surface area contributed by atoms with Gasteiger partial charge in [-0.3, -0.25) is 9.59 Å². The van der Waals surface area contributed by atoms with E-state index in [0.717, 1.165) is 18.5 Å². The van der Waals surface area contributed by atoms with Crippen LogP contribution in [0, 0.1) is 0 Å². The van der Waals surface area contributed by atoms with Crippen molar-refractivity contribution in [3.8, 4) is 0 Å². The quantitative estimate of drug-likeness (QED) is 0.810. The van der Waals surface area contributed by atoms with Gasteiger partial charge in [-0.1, -0.05) is 32.1 Å². The fourth-order valence-corrected chi connectivity index (χ4v) is 3.09. The molecule has 2 N–H and O–H groups in total. The first-order valence-electron chi connectivity index (χ1n) is 8.74. The average molecular weight is 316 g/mol. The fraction of sp³-hybridized carbons (Fsp3) is 0.579. The van der Waals surface area contributed by atoms with Crippen LogP contribution in [0.5, 0.6) is 0 Å². The summed E-state index contributed by atoms with van der Waals surface area (Å²) in [5.41, 5.74) is 1.38. The van der Waals surface area contributed by atoms with Crippen LogP contribution in [0.15, 0.2) is 24.3 Å². The molecule has 0 radical (unpaired) electrons. The Morgan fingerprint density at radius 2 is 1.57 bits per heavy atom. The molecule has 4 nitrogen and oxygen atoms in total. The number of amides is 1. The number of anilines is 1. The summed E-state index contributed by atoms with van der Waals surface area (Å²) in [6, 6.07) is 7.26. The Morgan fingerprint density at radius 3 is 2.13 bits per heavy atom. The highest BCUT2D eigenvalue weighted by molar-refractivity contribution is 5.96. The summed E-state index contributed by atoms with van der Waals surface area (Å²) in [5, 5.41) is 6.38. The highest BCUT2D eigenvalue weighted by atomic mass is 16.2. The molecule has 0 unspecified atom stereocenters. The van der Waals surface area contributed by atoms with E-state index in [9.17, 15) is 9.59 Å². The Balaban J connectivity index is 1.84. The van der Waals surface area contributed by atoms with Gasteiger partial charge in [0.15, 0.2) is 5.78 Å². The lowest BCUT2D eigenvalue weighted by Gasteiger charge is -2.24. The molecule has 0 heterocycles. The fourth-order valence-electron chi connectivity index (χ4n) is 3.09. The van der Waals surface area contributed by atoms with E-state index in [2.05, 4.69) is 10.6 Å². The zero-order chi connectivity index (χ0) is 16.7. The number of benzene rings is 1. The molecular weight excluding hydrogens is 288 g/mol. The third-order valence-electron chi connectivity index (χ3n) is 4.54. The van der Waals surface area contributed by atoms with Gasteiger partial charge in [-0.05, 0) is 51.0 Å². The first-order chi connectivity index (χ1) is 11.1. The summed E-state index contributed by atoms with van der Waals surface area (Å²) in [6.45, 7) is 3.45. The van der Waals surface area contributed by atoms with Crippen molar-refractivity contribution in [3.63, 3.8) is 0 Å². The summed E-state index contributed by atoms with van der Waals surface area (Å²) in [7, 11) is 0. The third kappa shape index (κ3) is 5.79. The summed E-state index contributed by atoms with van der Waals surface area (Å²) < 4.78 is 0. The van der Waals surface area contributed by atoms with Gasteiger partial charge >= 0.3 is 0 Å². The first-order valence-corrected chi connectivity index (χ1v) is 8.74. The maximum absolute atomic E-state index is 12.3. The van der Waals surface area contributed by atoms with Gasteiger partial charge in [-0.2, -0.15) is 0 Å². The monoisotopic (exact) mass is 316 g/mol. The second-order valence-corrected chi connectivity index (χ2v) is 6.55.